The number of rotatable bonds is 5. The highest BCUT2D eigenvalue weighted by Gasteiger charge is 2.12. The molecule has 1 aliphatic heterocycles. The van der Waals surface area contributed by atoms with Crippen LogP contribution in [-0.2, 0) is 0 Å². The third-order valence-corrected chi connectivity index (χ3v) is 2.80. The molecule has 1 unspecified atom stereocenters. The Morgan fingerprint density at radius 1 is 1.50 bits per heavy atom. The molecule has 1 fully saturated rings. The van der Waals surface area contributed by atoms with Gasteiger partial charge < -0.3 is 15.4 Å². The van der Waals surface area contributed by atoms with Gasteiger partial charge in [0.1, 0.15) is 0 Å². The number of hydrogen-bond acceptors (Lipinski definition) is 5. The lowest BCUT2D eigenvalue weighted by Gasteiger charge is -2.10. The second-order valence-corrected chi connectivity index (χ2v) is 3.96. The molecule has 1 aromatic rings. The summed E-state index contributed by atoms with van der Waals surface area (Å²) in [6, 6.07) is 0.658. The summed E-state index contributed by atoms with van der Waals surface area (Å²) in [5.41, 5.74) is 0. The first-order valence-corrected chi connectivity index (χ1v) is 5.72. The van der Waals surface area contributed by atoms with E-state index in [4.69, 9.17) is 4.74 Å². The van der Waals surface area contributed by atoms with Crippen LogP contribution in [0, 0.1) is 0 Å². The predicted molar refractivity (Wildman–Crippen MR) is 62.7 cm³/mol. The molecule has 1 saturated heterocycles. The van der Waals surface area contributed by atoms with Crippen LogP contribution in [0.5, 0.6) is 5.75 Å². The summed E-state index contributed by atoms with van der Waals surface area (Å²) in [5, 5.41) is 6.67. The predicted octanol–water partition coefficient (Wildman–Crippen LogP) is 1.04. The Hall–Kier alpha value is -1.36. The van der Waals surface area contributed by atoms with Crippen LogP contribution in [0.3, 0.4) is 0 Å². The van der Waals surface area contributed by atoms with Crippen molar-refractivity contribution in [3.63, 3.8) is 0 Å². The Labute approximate surface area is 95.6 Å². The minimum atomic E-state index is 0.658. The number of nitrogens with one attached hydrogen (secondary N) is 2. The topological polar surface area (TPSA) is 59.1 Å². The number of hydrogen-bond donors (Lipinski definition) is 2. The van der Waals surface area contributed by atoms with Crippen molar-refractivity contribution in [2.45, 2.75) is 25.3 Å². The smallest absolute Gasteiger partial charge is 0.222 e. The summed E-state index contributed by atoms with van der Waals surface area (Å²) in [4.78, 5) is 8.29. The fraction of sp³-hybridized carbons (Fsp3) is 0.636. The van der Waals surface area contributed by atoms with Crippen molar-refractivity contribution in [1.29, 1.82) is 0 Å². The summed E-state index contributed by atoms with van der Waals surface area (Å²) >= 11 is 0. The molecule has 0 bridgehead atoms. The van der Waals surface area contributed by atoms with E-state index in [1.165, 1.54) is 12.8 Å². The maximum Gasteiger partial charge on any atom is 0.222 e. The van der Waals surface area contributed by atoms with E-state index in [1.54, 1.807) is 19.5 Å². The highest BCUT2D eigenvalue weighted by Crippen LogP contribution is 2.10. The average Bonchev–Trinajstić information content (AvgIpc) is 2.83. The van der Waals surface area contributed by atoms with E-state index in [9.17, 15) is 0 Å². The molecule has 2 heterocycles. The first-order valence-electron chi connectivity index (χ1n) is 5.72. The molecule has 2 N–H and O–H groups in total. The van der Waals surface area contributed by atoms with Crippen molar-refractivity contribution in [2.75, 3.05) is 25.5 Å². The lowest BCUT2D eigenvalue weighted by atomic mass is 10.1. The molecule has 0 spiro atoms. The first-order chi connectivity index (χ1) is 7.88. The van der Waals surface area contributed by atoms with Crippen molar-refractivity contribution in [1.82, 2.24) is 15.3 Å². The standard InChI is InChI=1S/C11H18N4O/c1-16-10-7-14-11(15-8-10)13-6-4-9-3-2-5-12-9/h7-9,12H,2-6H2,1H3,(H,13,14,15). The Kier molecular flexibility index (Phi) is 3.93. The lowest BCUT2D eigenvalue weighted by Crippen LogP contribution is -2.24. The van der Waals surface area contributed by atoms with E-state index in [-0.39, 0.29) is 0 Å². The fourth-order valence-corrected chi connectivity index (χ4v) is 1.87. The highest BCUT2D eigenvalue weighted by atomic mass is 16.5. The zero-order valence-corrected chi connectivity index (χ0v) is 9.57. The number of aromatic nitrogens is 2. The van der Waals surface area contributed by atoms with Crippen LogP contribution in [0.25, 0.3) is 0 Å². The summed E-state index contributed by atoms with van der Waals surface area (Å²) in [5.74, 6) is 1.35. The van der Waals surface area contributed by atoms with Gasteiger partial charge in [0.2, 0.25) is 5.95 Å². The van der Waals surface area contributed by atoms with Gasteiger partial charge in [-0.15, -0.1) is 0 Å². The molecule has 16 heavy (non-hydrogen) atoms. The van der Waals surface area contributed by atoms with Crippen molar-refractivity contribution >= 4 is 5.95 Å². The highest BCUT2D eigenvalue weighted by molar-refractivity contribution is 5.26. The number of nitrogens with zero attached hydrogens (tertiary/aromatic N) is 2. The maximum absolute atomic E-state index is 4.99. The summed E-state index contributed by atoms with van der Waals surface area (Å²) in [6.07, 6.45) is 7.04. The third kappa shape index (κ3) is 3.06. The lowest BCUT2D eigenvalue weighted by molar-refractivity contribution is 0.411. The largest absolute Gasteiger partial charge is 0.494 e. The van der Waals surface area contributed by atoms with E-state index >= 15 is 0 Å². The van der Waals surface area contributed by atoms with Gasteiger partial charge in [-0.25, -0.2) is 9.97 Å². The van der Waals surface area contributed by atoms with Gasteiger partial charge >= 0.3 is 0 Å². The van der Waals surface area contributed by atoms with Gasteiger partial charge in [-0.2, -0.15) is 0 Å². The molecule has 5 nitrogen and oxygen atoms in total. The minimum absolute atomic E-state index is 0.658. The molecule has 0 radical (unpaired) electrons. The van der Waals surface area contributed by atoms with Gasteiger partial charge in [0.05, 0.1) is 19.5 Å². The van der Waals surface area contributed by atoms with E-state index in [0.29, 0.717) is 17.7 Å². The van der Waals surface area contributed by atoms with Crippen LogP contribution in [0.2, 0.25) is 0 Å². The van der Waals surface area contributed by atoms with Crippen molar-refractivity contribution < 1.29 is 4.74 Å². The number of ether oxygens (including phenoxy) is 1. The molecule has 0 amide bonds. The molecule has 0 aliphatic carbocycles. The second-order valence-electron chi connectivity index (χ2n) is 3.96. The first kappa shape index (κ1) is 11.1. The zero-order valence-electron chi connectivity index (χ0n) is 9.57. The third-order valence-electron chi connectivity index (χ3n) is 2.80. The van der Waals surface area contributed by atoms with Crippen LogP contribution < -0.4 is 15.4 Å². The average molecular weight is 222 g/mol. The normalized spacial score (nSPS) is 19.7. The monoisotopic (exact) mass is 222 g/mol. The number of anilines is 1. The molecule has 5 heteroatoms. The molecular weight excluding hydrogens is 204 g/mol. The Balaban J connectivity index is 1.71. The van der Waals surface area contributed by atoms with Crippen LogP contribution in [0.1, 0.15) is 19.3 Å². The molecule has 1 aliphatic rings. The molecular formula is C11H18N4O. The Morgan fingerprint density at radius 3 is 2.94 bits per heavy atom. The van der Waals surface area contributed by atoms with Crippen molar-refractivity contribution in [2.24, 2.45) is 0 Å². The van der Waals surface area contributed by atoms with Gasteiger partial charge in [0.25, 0.3) is 0 Å². The summed E-state index contributed by atoms with van der Waals surface area (Å²) in [7, 11) is 1.61. The van der Waals surface area contributed by atoms with E-state index in [2.05, 4.69) is 20.6 Å². The molecule has 88 valence electrons. The van der Waals surface area contributed by atoms with Crippen molar-refractivity contribution in [3.8, 4) is 5.75 Å². The van der Waals surface area contributed by atoms with Crippen LogP contribution in [-0.4, -0.2) is 36.2 Å². The molecule has 1 aromatic heterocycles. The van der Waals surface area contributed by atoms with E-state index < -0.39 is 0 Å². The molecule has 0 saturated carbocycles. The minimum Gasteiger partial charge on any atom is -0.494 e. The van der Waals surface area contributed by atoms with Crippen LogP contribution >= 0.6 is 0 Å². The van der Waals surface area contributed by atoms with Crippen molar-refractivity contribution in [3.05, 3.63) is 12.4 Å². The fourth-order valence-electron chi connectivity index (χ4n) is 1.87. The van der Waals surface area contributed by atoms with E-state index in [0.717, 1.165) is 19.5 Å². The SMILES string of the molecule is COc1cnc(NCCC2CCCN2)nc1. The van der Waals surface area contributed by atoms with Crippen LogP contribution in [0.4, 0.5) is 5.95 Å². The Bertz CT molecular complexity index is 308. The molecule has 1 atom stereocenters. The van der Waals surface area contributed by atoms with E-state index in [1.807, 2.05) is 0 Å². The Morgan fingerprint density at radius 2 is 2.31 bits per heavy atom. The maximum atomic E-state index is 4.99. The number of methoxy groups -OCH3 is 1. The molecule has 0 aromatic carbocycles. The quantitative estimate of drug-likeness (QED) is 0.779. The van der Waals surface area contributed by atoms with Crippen LogP contribution in [0.15, 0.2) is 12.4 Å². The van der Waals surface area contributed by atoms with Gasteiger partial charge in [-0.1, -0.05) is 0 Å². The second kappa shape index (κ2) is 5.65. The summed E-state index contributed by atoms with van der Waals surface area (Å²) in [6.45, 7) is 2.06. The van der Waals surface area contributed by atoms with Gasteiger partial charge in [-0.05, 0) is 25.8 Å². The molecule has 2 rings (SSSR count). The summed E-state index contributed by atoms with van der Waals surface area (Å²) < 4.78 is 4.99. The van der Waals surface area contributed by atoms with Gasteiger partial charge in [-0.3, -0.25) is 0 Å². The van der Waals surface area contributed by atoms with Gasteiger partial charge in [0.15, 0.2) is 5.75 Å². The van der Waals surface area contributed by atoms with Gasteiger partial charge in [0, 0.05) is 12.6 Å². The zero-order chi connectivity index (χ0) is 11.2.